The average molecular weight is 638 g/mol. The van der Waals surface area contributed by atoms with Gasteiger partial charge in [0.25, 0.3) is 0 Å². The predicted octanol–water partition coefficient (Wildman–Crippen LogP) is 10.6. The number of benzene rings is 5. The number of nitriles is 3. The van der Waals surface area contributed by atoms with E-state index in [0.29, 0.717) is 11.1 Å². The molecule has 0 aliphatic heterocycles. The summed E-state index contributed by atoms with van der Waals surface area (Å²) in [5, 5.41) is 33.6. The molecule has 0 spiro atoms. The van der Waals surface area contributed by atoms with E-state index in [2.05, 4.69) is 107 Å². The summed E-state index contributed by atoms with van der Waals surface area (Å²) < 4.78 is 4.35. The Morgan fingerprint density at radius 1 is 0.660 bits per heavy atom. The average Bonchev–Trinajstić information content (AvgIpc) is 3.68. The van der Waals surface area contributed by atoms with Crippen LogP contribution < -0.4 is 0 Å². The number of fused-ring (bicyclic) bond motifs is 6. The Labute approximate surface area is 289 Å². The topological polar surface area (TPSA) is 81.2 Å². The molecule has 0 amide bonds. The van der Waals surface area contributed by atoms with E-state index in [0.717, 1.165) is 83.7 Å². The molecule has 8 rings (SSSR count). The van der Waals surface area contributed by atoms with Gasteiger partial charge in [-0.25, -0.2) is 0 Å². The fraction of sp³-hybridized carbons (Fsp3) is 0.0444. The van der Waals surface area contributed by atoms with E-state index in [1.807, 2.05) is 66.7 Å². The molecule has 2 heterocycles. The van der Waals surface area contributed by atoms with Gasteiger partial charge in [-0.2, -0.15) is 15.8 Å². The van der Waals surface area contributed by atoms with E-state index in [4.69, 9.17) is 0 Å². The fourth-order valence-electron chi connectivity index (χ4n) is 7.12. The van der Waals surface area contributed by atoms with Crippen LogP contribution in [-0.2, 0) is 0 Å². The van der Waals surface area contributed by atoms with Crippen LogP contribution >= 0.6 is 0 Å². The highest BCUT2D eigenvalue weighted by Gasteiger charge is 2.20. The van der Waals surface area contributed by atoms with Gasteiger partial charge in [0.2, 0.25) is 0 Å². The van der Waals surface area contributed by atoms with Gasteiger partial charge >= 0.3 is 0 Å². The minimum absolute atomic E-state index is 0.565. The van der Waals surface area contributed by atoms with Crippen molar-refractivity contribution in [3.63, 3.8) is 0 Å². The Kier molecular flexibility index (Phi) is 7.44. The summed E-state index contributed by atoms with van der Waals surface area (Å²) in [6.45, 7) is 2.10. The molecule has 0 radical (unpaired) electrons. The Bertz CT molecular complexity index is 2770. The second-order valence-electron chi connectivity index (χ2n) is 12.0. The van der Waals surface area contributed by atoms with E-state index >= 15 is 0 Å². The van der Waals surface area contributed by atoms with Gasteiger partial charge in [-0.05, 0) is 90.4 Å². The van der Waals surface area contributed by atoms with Crippen molar-refractivity contribution in [2.24, 2.45) is 0 Å². The van der Waals surface area contributed by atoms with Gasteiger partial charge < -0.3 is 9.13 Å². The maximum atomic E-state index is 10.2. The lowest BCUT2D eigenvalue weighted by Crippen LogP contribution is -2.01. The van der Waals surface area contributed by atoms with E-state index in [1.54, 1.807) is 6.08 Å². The first kappa shape index (κ1) is 30.1. The number of aromatic nitrogens is 2. The summed E-state index contributed by atoms with van der Waals surface area (Å²) >= 11 is 0. The Morgan fingerprint density at radius 2 is 1.38 bits per heavy atom. The zero-order chi connectivity index (χ0) is 34.2. The third-order valence-corrected chi connectivity index (χ3v) is 9.24. The second kappa shape index (κ2) is 12.4. The number of hydrogen-bond acceptors (Lipinski definition) is 3. The standard InChI is InChI=1S/C45H27N5/c1-2-9-34(32-18-20-33(21-19-32)49-44-23-17-30(28-47)26-40(44)39-22-16-31(29-48)27-45(39)49)35(24-25-46)36-10-3-6-13-41(36)50-42-14-7-4-11-37(42)38-12-5-8-15-43(38)50/h3-7,9-14,16-24,26-27H,2H2,1H3/b34-9-,35-24+. The summed E-state index contributed by atoms with van der Waals surface area (Å²) in [6.07, 6.45) is 4.58. The fourth-order valence-corrected chi connectivity index (χ4v) is 7.12. The number of rotatable bonds is 6. The number of allylic oxidation sites excluding steroid dienone is 4. The summed E-state index contributed by atoms with van der Waals surface area (Å²) in [7, 11) is 0. The minimum atomic E-state index is 0.565. The van der Waals surface area contributed by atoms with Gasteiger partial charge in [0.05, 0.1) is 51.6 Å². The molecule has 0 aliphatic rings. The van der Waals surface area contributed by atoms with Crippen molar-refractivity contribution in [1.82, 2.24) is 9.13 Å². The molecule has 5 heteroatoms. The van der Waals surface area contributed by atoms with Crippen molar-refractivity contribution < 1.29 is 0 Å². The van der Waals surface area contributed by atoms with Gasteiger partial charge in [-0.1, -0.05) is 73.7 Å². The van der Waals surface area contributed by atoms with Crippen LogP contribution in [-0.4, -0.2) is 9.13 Å². The maximum Gasteiger partial charge on any atom is 0.105 e. The van der Waals surface area contributed by atoms with Gasteiger partial charge in [-0.3, -0.25) is 0 Å². The first-order valence-corrected chi connectivity index (χ1v) is 16.4. The molecule has 5 nitrogen and oxygen atoms in total. The third kappa shape index (κ3) is 4.79. The Balaban J connectivity index is 1.29. The molecule has 0 aliphatic carbocycles. The van der Waals surface area contributed by atoms with E-state index in [-0.39, 0.29) is 0 Å². The zero-order valence-electron chi connectivity index (χ0n) is 27.1. The van der Waals surface area contributed by atoms with Crippen molar-refractivity contribution in [3.05, 3.63) is 168 Å². The van der Waals surface area contributed by atoms with Crippen LogP contribution in [0, 0.1) is 46.1 Å². The van der Waals surface area contributed by atoms with Crippen LogP contribution in [0.4, 0.5) is 0 Å². The van der Waals surface area contributed by atoms with Crippen LogP contribution in [0.3, 0.4) is 0 Å². The lowest BCUT2D eigenvalue weighted by molar-refractivity contribution is 1.17. The molecule has 6 aromatic carbocycles. The lowest BCUT2D eigenvalue weighted by atomic mass is 9.90. The smallest absolute Gasteiger partial charge is 0.105 e. The molecule has 0 saturated carbocycles. The van der Waals surface area contributed by atoms with Crippen molar-refractivity contribution in [2.45, 2.75) is 13.3 Å². The predicted molar refractivity (Wildman–Crippen MR) is 201 cm³/mol. The molecule has 0 atom stereocenters. The first-order valence-electron chi connectivity index (χ1n) is 16.4. The lowest BCUT2D eigenvalue weighted by Gasteiger charge is -2.18. The molecule has 232 valence electrons. The summed E-state index contributed by atoms with van der Waals surface area (Å²) in [6, 6.07) is 53.5. The van der Waals surface area contributed by atoms with Gasteiger partial charge in [0, 0.05) is 44.4 Å². The highest BCUT2D eigenvalue weighted by Crippen LogP contribution is 2.39. The van der Waals surface area contributed by atoms with Crippen LogP contribution in [0.2, 0.25) is 0 Å². The number of nitrogens with zero attached hydrogens (tertiary/aromatic N) is 5. The van der Waals surface area contributed by atoms with E-state index in [1.165, 1.54) is 0 Å². The molecule has 50 heavy (non-hydrogen) atoms. The molecule has 2 aromatic heterocycles. The largest absolute Gasteiger partial charge is 0.309 e. The van der Waals surface area contributed by atoms with Crippen molar-refractivity contribution in [1.29, 1.82) is 15.8 Å². The third-order valence-electron chi connectivity index (χ3n) is 9.24. The van der Waals surface area contributed by atoms with E-state index in [9.17, 15) is 15.8 Å². The molecule has 8 aromatic rings. The van der Waals surface area contributed by atoms with Gasteiger partial charge in [0.1, 0.15) is 5.52 Å². The van der Waals surface area contributed by atoms with Crippen molar-refractivity contribution in [3.8, 4) is 29.6 Å². The quantitative estimate of drug-likeness (QED) is 0.134. The number of para-hydroxylation sites is 2. The minimum Gasteiger partial charge on any atom is -0.309 e. The second-order valence-corrected chi connectivity index (χ2v) is 12.0. The molecule has 0 saturated heterocycles. The molecular weight excluding hydrogens is 611 g/mol. The van der Waals surface area contributed by atoms with Gasteiger partial charge in [-0.15, -0.1) is 0 Å². The molecule has 0 unspecified atom stereocenters. The summed E-state index contributed by atoms with van der Waals surface area (Å²) in [5.74, 6) is 0. The van der Waals surface area contributed by atoms with Crippen LogP contribution in [0.25, 0.3) is 66.1 Å². The van der Waals surface area contributed by atoms with E-state index < -0.39 is 0 Å². The molecule has 0 fully saturated rings. The van der Waals surface area contributed by atoms with Crippen LogP contribution in [0.15, 0.2) is 133 Å². The monoisotopic (exact) mass is 637 g/mol. The first-order chi connectivity index (χ1) is 24.6. The summed E-state index contributed by atoms with van der Waals surface area (Å²) in [4.78, 5) is 0. The van der Waals surface area contributed by atoms with Crippen LogP contribution in [0.5, 0.6) is 0 Å². The zero-order valence-corrected chi connectivity index (χ0v) is 27.1. The summed E-state index contributed by atoms with van der Waals surface area (Å²) in [5.41, 5.74) is 10.5. The SMILES string of the molecule is CC/C=C(\C(=C/C#N)c1ccccc1-n1c2c#cccc2c2ccccc21)c1ccc(-n2c3ccc(C#N)cc3c3ccc(C#N)cc32)cc1. The van der Waals surface area contributed by atoms with Crippen molar-refractivity contribution in [2.75, 3.05) is 0 Å². The molecule has 0 bridgehead atoms. The Morgan fingerprint density at radius 3 is 2.18 bits per heavy atom. The molecule has 0 N–H and O–H groups in total. The highest BCUT2D eigenvalue weighted by molar-refractivity contribution is 6.12. The van der Waals surface area contributed by atoms with Crippen molar-refractivity contribution >= 4 is 54.8 Å². The molecular formula is C45H27N5. The normalized spacial score (nSPS) is 11.8. The Hall–Kier alpha value is -7.31. The van der Waals surface area contributed by atoms with Crippen LogP contribution in [0.1, 0.15) is 35.6 Å². The highest BCUT2D eigenvalue weighted by atomic mass is 15.0. The van der Waals surface area contributed by atoms with Gasteiger partial charge in [0.15, 0.2) is 0 Å². The number of hydrogen-bond donors (Lipinski definition) is 0. The maximum absolute atomic E-state index is 10.2.